The SMILES string of the molecule is CN(C)c1cc(-c2cccc(N)c2)c(O)c2c1C[C@@H]1C[C@@H]3[C@@H](N(C)C)C(=O)C(C(N)=O)C(=O)[C@]3(O)C(=O)C1C2=O. The van der Waals surface area contributed by atoms with Gasteiger partial charge in [-0.15, -0.1) is 0 Å². The monoisotopic (exact) mass is 548 g/mol. The lowest BCUT2D eigenvalue weighted by molar-refractivity contribution is -0.181. The fraction of sp³-hybridized carbons (Fsp3) is 0.414. The van der Waals surface area contributed by atoms with Crippen LogP contribution in [0.2, 0.25) is 0 Å². The lowest BCUT2D eigenvalue weighted by Gasteiger charge is -2.52. The first kappa shape index (κ1) is 27.5. The highest BCUT2D eigenvalue weighted by molar-refractivity contribution is 6.32. The Morgan fingerprint density at radius 1 is 1.05 bits per heavy atom. The summed E-state index contributed by atoms with van der Waals surface area (Å²) in [7, 11) is 6.69. The number of aromatic hydroxyl groups is 1. The van der Waals surface area contributed by atoms with Crippen molar-refractivity contribution in [2.45, 2.75) is 24.5 Å². The zero-order valence-corrected chi connectivity index (χ0v) is 22.7. The maximum absolute atomic E-state index is 14.1. The highest BCUT2D eigenvalue weighted by Gasteiger charge is 2.69. The zero-order chi connectivity index (χ0) is 29.4. The third-order valence-corrected chi connectivity index (χ3v) is 8.72. The number of phenolic OH excluding ortho intramolecular Hbond substituents is 1. The number of hydrogen-bond acceptors (Lipinski definition) is 10. The van der Waals surface area contributed by atoms with E-state index >= 15 is 0 Å². The third kappa shape index (κ3) is 3.68. The van der Waals surface area contributed by atoms with Crippen LogP contribution in [-0.2, 0) is 25.6 Å². The van der Waals surface area contributed by atoms with Gasteiger partial charge in [0.1, 0.15) is 5.75 Å². The van der Waals surface area contributed by atoms with Gasteiger partial charge in [-0.2, -0.15) is 0 Å². The number of fused-ring (bicyclic) bond motifs is 3. The van der Waals surface area contributed by atoms with Gasteiger partial charge >= 0.3 is 0 Å². The molecule has 2 saturated carbocycles. The molecule has 40 heavy (non-hydrogen) atoms. The van der Waals surface area contributed by atoms with Crippen molar-refractivity contribution in [3.05, 3.63) is 41.5 Å². The summed E-state index contributed by atoms with van der Waals surface area (Å²) in [5, 5.41) is 23.2. The van der Waals surface area contributed by atoms with E-state index in [-0.39, 0.29) is 24.2 Å². The Balaban J connectivity index is 1.69. The summed E-state index contributed by atoms with van der Waals surface area (Å²) in [5.41, 5.74) is 11.0. The highest BCUT2D eigenvalue weighted by atomic mass is 16.3. The second-order valence-corrected chi connectivity index (χ2v) is 11.5. The number of nitrogen functional groups attached to an aromatic ring is 1. The van der Waals surface area contributed by atoms with E-state index in [1.165, 1.54) is 4.90 Å². The molecular weight excluding hydrogens is 516 g/mol. The van der Waals surface area contributed by atoms with E-state index in [0.29, 0.717) is 28.1 Å². The molecule has 1 amide bonds. The van der Waals surface area contributed by atoms with E-state index in [2.05, 4.69) is 0 Å². The largest absolute Gasteiger partial charge is 0.507 e. The van der Waals surface area contributed by atoms with Gasteiger partial charge in [-0.25, -0.2) is 0 Å². The number of ketones is 4. The molecule has 0 spiro atoms. The Bertz CT molecular complexity index is 1500. The molecule has 11 nitrogen and oxygen atoms in total. The number of carbonyl (C=O) groups excluding carboxylic acids is 5. The molecule has 0 aliphatic heterocycles. The average molecular weight is 549 g/mol. The van der Waals surface area contributed by atoms with Crippen molar-refractivity contribution in [2.75, 3.05) is 38.8 Å². The molecule has 3 aliphatic carbocycles. The number of Topliss-reactive ketones (excluding diaryl/α,β-unsaturated/α-hetero) is 4. The number of likely N-dealkylation sites (N-methyl/N-ethyl adjacent to an activating group) is 1. The summed E-state index contributed by atoms with van der Waals surface area (Å²) in [5.74, 6) is -10.7. The Morgan fingerprint density at radius 3 is 2.30 bits per heavy atom. The van der Waals surface area contributed by atoms with Crippen LogP contribution in [-0.4, -0.2) is 84.0 Å². The van der Waals surface area contributed by atoms with E-state index in [0.717, 1.165) is 0 Å². The van der Waals surface area contributed by atoms with Crippen molar-refractivity contribution in [3.8, 4) is 16.9 Å². The molecule has 3 aliphatic rings. The van der Waals surface area contributed by atoms with Gasteiger partial charge in [0.15, 0.2) is 34.7 Å². The second kappa shape index (κ2) is 9.24. The van der Waals surface area contributed by atoms with Gasteiger partial charge in [0, 0.05) is 37.0 Å². The predicted molar refractivity (Wildman–Crippen MR) is 146 cm³/mol. The molecule has 5 rings (SSSR count). The van der Waals surface area contributed by atoms with Crippen molar-refractivity contribution in [1.82, 2.24) is 4.90 Å². The Kier molecular flexibility index (Phi) is 6.35. The molecule has 0 radical (unpaired) electrons. The predicted octanol–water partition coefficient (Wildman–Crippen LogP) is 0.182. The normalized spacial score (nSPS) is 29.6. The maximum Gasteiger partial charge on any atom is 0.235 e. The van der Waals surface area contributed by atoms with Gasteiger partial charge in [0.2, 0.25) is 5.91 Å². The van der Waals surface area contributed by atoms with Crippen LogP contribution in [0.5, 0.6) is 5.75 Å². The number of amides is 1. The van der Waals surface area contributed by atoms with E-state index in [1.54, 1.807) is 63.4 Å². The molecular formula is C29H32N4O7. The van der Waals surface area contributed by atoms with Crippen molar-refractivity contribution in [2.24, 2.45) is 29.4 Å². The Morgan fingerprint density at radius 2 is 1.73 bits per heavy atom. The quantitative estimate of drug-likeness (QED) is 0.304. The molecule has 0 heterocycles. The van der Waals surface area contributed by atoms with Crippen LogP contribution in [0.15, 0.2) is 30.3 Å². The molecule has 210 valence electrons. The van der Waals surface area contributed by atoms with Crippen molar-refractivity contribution < 1.29 is 34.2 Å². The van der Waals surface area contributed by atoms with E-state index in [1.807, 2.05) is 0 Å². The third-order valence-electron chi connectivity index (χ3n) is 8.72. The molecule has 6 atom stereocenters. The number of anilines is 2. The van der Waals surface area contributed by atoms with Crippen LogP contribution in [0.25, 0.3) is 11.1 Å². The second-order valence-electron chi connectivity index (χ2n) is 11.5. The molecule has 6 N–H and O–H groups in total. The van der Waals surface area contributed by atoms with Crippen LogP contribution in [0.3, 0.4) is 0 Å². The number of carbonyl (C=O) groups is 5. The number of nitrogens with two attached hydrogens (primary N) is 2. The topological polar surface area (TPSA) is 184 Å². The van der Waals surface area contributed by atoms with Crippen molar-refractivity contribution in [1.29, 1.82) is 0 Å². The minimum atomic E-state index is -2.76. The van der Waals surface area contributed by atoms with Gasteiger partial charge in [-0.05, 0) is 62.2 Å². The molecule has 2 unspecified atom stereocenters. The number of benzene rings is 2. The molecule has 11 heteroatoms. The highest BCUT2D eigenvalue weighted by Crippen LogP contribution is 2.53. The van der Waals surface area contributed by atoms with Crippen molar-refractivity contribution >= 4 is 40.4 Å². The first-order chi connectivity index (χ1) is 18.7. The summed E-state index contributed by atoms with van der Waals surface area (Å²) >= 11 is 0. The van der Waals surface area contributed by atoms with Gasteiger partial charge in [0.25, 0.3) is 0 Å². The lowest BCUT2D eigenvalue weighted by Crippen LogP contribution is -2.74. The van der Waals surface area contributed by atoms with Crippen LogP contribution in [0.4, 0.5) is 11.4 Å². The average Bonchev–Trinajstić information content (AvgIpc) is 2.85. The first-order valence-electron chi connectivity index (χ1n) is 13.0. The van der Waals surface area contributed by atoms with Crippen LogP contribution in [0, 0.1) is 23.7 Å². The minimum Gasteiger partial charge on any atom is -0.507 e. The molecule has 2 fully saturated rings. The Hall–Kier alpha value is -4.09. The van der Waals surface area contributed by atoms with E-state index in [4.69, 9.17) is 11.5 Å². The smallest absolute Gasteiger partial charge is 0.235 e. The number of nitrogens with zero attached hydrogens (tertiary/aromatic N) is 2. The maximum atomic E-state index is 14.1. The molecule has 2 aromatic carbocycles. The number of aliphatic hydroxyl groups is 1. The number of hydrogen-bond donors (Lipinski definition) is 4. The molecule has 0 bridgehead atoms. The summed E-state index contributed by atoms with van der Waals surface area (Å²) < 4.78 is 0. The van der Waals surface area contributed by atoms with E-state index < -0.39 is 64.4 Å². The number of primary amides is 1. The number of phenols is 1. The lowest BCUT2D eigenvalue weighted by atomic mass is 9.52. The summed E-state index contributed by atoms with van der Waals surface area (Å²) in [6, 6.07) is 7.39. The van der Waals surface area contributed by atoms with Gasteiger partial charge in [0.05, 0.1) is 17.5 Å². The molecule has 0 aromatic heterocycles. The minimum absolute atomic E-state index is 0.00546. The van der Waals surface area contributed by atoms with Gasteiger partial charge in [-0.1, -0.05) is 12.1 Å². The van der Waals surface area contributed by atoms with Crippen LogP contribution >= 0.6 is 0 Å². The van der Waals surface area contributed by atoms with Crippen LogP contribution in [0.1, 0.15) is 22.3 Å². The van der Waals surface area contributed by atoms with Gasteiger partial charge < -0.3 is 26.6 Å². The van der Waals surface area contributed by atoms with Crippen LogP contribution < -0.4 is 16.4 Å². The summed E-state index contributed by atoms with van der Waals surface area (Å²) in [4.78, 5) is 70.2. The molecule has 2 aromatic rings. The Labute approximate surface area is 230 Å². The standard InChI is InChI=1S/C29H32N4O7/c1-32(2)18-11-15(12-6-5-7-14(30)8-12)23(34)20-16(18)9-13-10-17-22(33(3)4)25(36)21(28(31)39)27(38)29(17,40)26(37)19(13)24(20)35/h5-8,11,13,17,19,21-22,34,40H,9-10,30H2,1-4H3,(H2,31,39)/t13-,17-,19?,21?,22-,29-/m1/s1. The number of rotatable bonds is 4. The molecule has 0 saturated heterocycles. The summed E-state index contributed by atoms with van der Waals surface area (Å²) in [6.07, 6.45) is 0.179. The fourth-order valence-electron chi connectivity index (χ4n) is 6.98. The zero-order valence-electron chi connectivity index (χ0n) is 22.7. The fourth-order valence-corrected chi connectivity index (χ4v) is 6.98. The van der Waals surface area contributed by atoms with Gasteiger partial charge in [-0.3, -0.25) is 28.9 Å². The summed E-state index contributed by atoms with van der Waals surface area (Å²) in [6.45, 7) is 0. The van der Waals surface area contributed by atoms with E-state index in [9.17, 15) is 34.2 Å². The van der Waals surface area contributed by atoms with Crippen molar-refractivity contribution in [3.63, 3.8) is 0 Å². The first-order valence-corrected chi connectivity index (χ1v) is 13.0.